The molecule has 1 aliphatic heterocycles. The number of piperidine rings is 1. The second kappa shape index (κ2) is 12.2. The Hall–Kier alpha value is -3.01. The van der Waals surface area contributed by atoms with Gasteiger partial charge in [0.2, 0.25) is 15.9 Å². The molecule has 1 saturated carbocycles. The minimum atomic E-state index is -3.31. The summed E-state index contributed by atoms with van der Waals surface area (Å²) >= 11 is 1.33. The SMILES string of the molecule is COC(=O)c1sc(-c2ccccc2)cc1N(C(=O)C1CCC(c2ccccc2)CC1)C1CCN(S(C)(=O)=O)CC1. The molecule has 40 heavy (non-hydrogen) atoms. The summed E-state index contributed by atoms with van der Waals surface area (Å²) in [4.78, 5) is 30.5. The van der Waals surface area contributed by atoms with Crippen LogP contribution in [0.2, 0.25) is 0 Å². The number of nitrogens with zero attached hydrogens (tertiary/aromatic N) is 2. The van der Waals surface area contributed by atoms with E-state index in [1.54, 1.807) is 0 Å². The topological polar surface area (TPSA) is 84.0 Å². The van der Waals surface area contributed by atoms with Gasteiger partial charge in [-0.1, -0.05) is 60.7 Å². The molecule has 1 saturated heterocycles. The molecule has 2 aromatic carbocycles. The highest BCUT2D eigenvalue weighted by Gasteiger charge is 2.39. The van der Waals surface area contributed by atoms with Crippen LogP contribution in [0, 0.1) is 5.92 Å². The minimum absolute atomic E-state index is 0.0203. The average Bonchev–Trinajstić information content (AvgIpc) is 3.42. The van der Waals surface area contributed by atoms with Crippen LogP contribution in [0.15, 0.2) is 66.7 Å². The van der Waals surface area contributed by atoms with Crippen molar-refractivity contribution in [3.63, 3.8) is 0 Å². The quantitative estimate of drug-likeness (QED) is 0.324. The van der Waals surface area contributed by atoms with Crippen molar-refractivity contribution in [2.45, 2.75) is 50.5 Å². The van der Waals surface area contributed by atoms with E-state index in [0.29, 0.717) is 42.4 Å². The zero-order valence-electron chi connectivity index (χ0n) is 23.0. The maximum atomic E-state index is 14.4. The summed E-state index contributed by atoms with van der Waals surface area (Å²) in [6.07, 6.45) is 5.67. The number of hydrogen-bond acceptors (Lipinski definition) is 6. The van der Waals surface area contributed by atoms with Gasteiger partial charge in [0.1, 0.15) is 4.88 Å². The van der Waals surface area contributed by atoms with Gasteiger partial charge in [0.15, 0.2) is 0 Å². The Morgan fingerprint density at radius 2 is 1.50 bits per heavy atom. The number of hydrogen-bond donors (Lipinski definition) is 0. The van der Waals surface area contributed by atoms with E-state index in [1.165, 1.54) is 34.6 Å². The number of ether oxygens (including phenoxy) is 1. The van der Waals surface area contributed by atoms with Gasteiger partial charge in [0.25, 0.3) is 0 Å². The van der Waals surface area contributed by atoms with Crippen molar-refractivity contribution in [2.24, 2.45) is 5.92 Å². The number of thiophene rings is 1. The molecule has 7 nitrogen and oxygen atoms in total. The van der Waals surface area contributed by atoms with Gasteiger partial charge in [-0.2, -0.15) is 0 Å². The Morgan fingerprint density at radius 1 is 0.900 bits per heavy atom. The van der Waals surface area contributed by atoms with Crippen molar-refractivity contribution >= 4 is 38.9 Å². The number of methoxy groups -OCH3 is 1. The first-order chi connectivity index (χ1) is 19.3. The molecule has 2 fully saturated rings. The lowest BCUT2D eigenvalue weighted by molar-refractivity contribution is -0.124. The predicted molar refractivity (Wildman–Crippen MR) is 159 cm³/mol. The molecule has 0 bridgehead atoms. The van der Waals surface area contributed by atoms with Crippen molar-refractivity contribution in [2.75, 3.05) is 31.4 Å². The lowest BCUT2D eigenvalue weighted by atomic mass is 9.78. The first-order valence-corrected chi connectivity index (χ1v) is 16.5. The van der Waals surface area contributed by atoms with E-state index in [9.17, 15) is 18.0 Å². The Labute approximate surface area is 240 Å². The minimum Gasteiger partial charge on any atom is -0.465 e. The van der Waals surface area contributed by atoms with Gasteiger partial charge >= 0.3 is 5.97 Å². The summed E-state index contributed by atoms with van der Waals surface area (Å²) in [5.41, 5.74) is 2.85. The van der Waals surface area contributed by atoms with Crippen LogP contribution in [-0.4, -0.2) is 57.1 Å². The van der Waals surface area contributed by atoms with Crippen molar-refractivity contribution in [3.05, 3.63) is 77.2 Å². The summed E-state index contributed by atoms with van der Waals surface area (Å²) in [5, 5.41) is 0. The van der Waals surface area contributed by atoms with E-state index in [1.807, 2.05) is 47.4 Å². The molecule has 0 radical (unpaired) electrons. The van der Waals surface area contributed by atoms with Crippen LogP contribution in [-0.2, 0) is 19.6 Å². The summed E-state index contributed by atoms with van der Waals surface area (Å²) in [5.74, 6) is -0.167. The number of carbonyl (C=O) groups excluding carboxylic acids is 2. The standard InChI is InChI=1S/C31H36N2O5S2/c1-38-31(35)29-27(21-28(39-29)24-11-7-4-8-12-24)33(26-17-19-32(20-18-26)40(2,36)37)30(34)25-15-13-23(14-16-25)22-9-5-3-6-10-22/h3-12,21,23,25-26H,13-20H2,1-2H3. The number of anilines is 1. The predicted octanol–water partition coefficient (Wildman–Crippen LogP) is 5.93. The molecule has 1 aliphatic carbocycles. The normalized spacial score (nSPS) is 20.6. The number of rotatable bonds is 7. The lowest BCUT2D eigenvalue weighted by Gasteiger charge is -2.40. The van der Waals surface area contributed by atoms with Gasteiger partial charge in [-0.3, -0.25) is 4.79 Å². The number of amides is 1. The summed E-state index contributed by atoms with van der Waals surface area (Å²) in [7, 11) is -1.96. The Balaban J connectivity index is 1.47. The van der Waals surface area contributed by atoms with Crippen LogP contribution in [0.3, 0.4) is 0 Å². The van der Waals surface area contributed by atoms with E-state index >= 15 is 0 Å². The summed E-state index contributed by atoms with van der Waals surface area (Å²) < 4.78 is 31.0. The smallest absolute Gasteiger partial charge is 0.350 e. The highest BCUT2D eigenvalue weighted by molar-refractivity contribution is 7.88. The number of sulfonamides is 1. The molecule has 5 rings (SSSR count). The zero-order valence-corrected chi connectivity index (χ0v) is 24.6. The molecule has 0 N–H and O–H groups in total. The molecule has 1 amide bonds. The lowest BCUT2D eigenvalue weighted by Crippen LogP contribution is -2.51. The van der Waals surface area contributed by atoms with E-state index in [-0.39, 0.29) is 17.9 Å². The highest BCUT2D eigenvalue weighted by Crippen LogP contribution is 2.42. The first kappa shape index (κ1) is 28.5. The number of esters is 1. The van der Waals surface area contributed by atoms with Gasteiger partial charge in [-0.25, -0.2) is 17.5 Å². The maximum absolute atomic E-state index is 14.4. The van der Waals surface area contributed by atoms with Crippen LogP contribution in [0.4, 0.5) is 5.69 Å². The molecule has 3 aromatic rings. The first-order valence-electron chi connectivity index (χ1n) is 13.9. The zero-order chi connectivity index (χ0) is 28.3. The summed E-state index contributed by atoms with van der Waals surface area (Å²) in [6, 6.07) is 22.0. The summed E-state index contributed by atoms with van der Waals surface area (Å²) in [6.45, 7) is 0.689. The van der Waals surface area contributed by atoms with Gasteiger partial charge in [-0.15, -0.1) is 11.3 Å². The van der Waals surface area contributed by atoms with E-state index in [4.69, 9.17) is 4.74 Å². The van der Waals surface area contributed by atoms with Crippen LogP contribution in [0.5, 0.6) is 0 Å². The van der Waals surface area contributed by atoms with Gasteiger partial charge in [0.05, 0.1) is 19.1 Å². The third-order valence-corrected chi connectivity index (χ3v) is 10.7. The van der Waals surface area contributed by atoms with Crippen LogP contribution in [0.25, 0.3) is 10.4 Å². The Kier molecular flexibility index (Phi) is 8.73. The third-order valence-electron chi connectivity index (χ3n) is 8.24. The average molecular weight is 581 g/mol. The van der Waals surface area contributed by atoms with Crippen LogP contribution < -0.4 is 4.90 Å². The second-order valence-electron chi connectivity index (χ2n) is 10.7. The van der Waals surface area contributed by atoms with Crippen molar-refractivity contribution in [1.29, 1.82) is 0 Å². The highest BCUT2D eigenvalue weighted by atomic mass is 32.2. The van der Waals surface area contributed by atoms with E-state index in [0.717, 1.165) is 36.1 Å². The fourth-order valence-corrected chi connectivity index (χ4v) is 8.01. The van der Waals surface area contributed by atoms with Gasteiger partial charge < -0.3 is 9.64 Å². The molecular weight excluding hydrogens is 544 g/mol. The molecule has 2 heterocycles. The van der Waals surface area contributed by atoms with Gasteiger partial charge in [-0.05, 0) is 61.6 Å². The Bertz CT molecular complexity index is 1420. The fraction of sp³-hybridized carbons (Fsp3) is 0.419. The molecule has 212 valence electrons. The van der Waals surface area contributed by atoms with E-state index in [2.05, 4.69) is 24.3 Å². The third kappa shape index (κ3) is 6.16. The molecule has 0 spiro atoms. The molecular formula is C31H36N2O5S2. The largest absolute Gasteiger partial charge is 0.465 e. The van der Waals surface area contributed by atoms with E-state index < -0.39 is 16.0 Å². The molecule has 2 aliphatic rings. The van der Waals surface area contributed by atoms with Crippen LogP contribution >= 0.6 is 11.3 Å². The second-order valence-corrected chi connectivity index (χ2v) is 13.8. The van der Waals surface area contributed by atoms with Crippen LogP contribution in [0.1, 0.15) is 59.7 Å². The molecule has 1 aromatic heterocycles. The number of carbonyl (C=O) groups is 2. The van der Waals surface area contributed by atoms with Crippen molar-refractivity contribution < 1.29 is 22.7 Å². The van der Waals surface area contributed by atoms with Gasteiger partial charge in [0, 0.05) is 29.9 Å². The monoisotopic (exact) mass is 580 g/mol. The van der Waals surface area contributed by atoms with Crippen molar-refractivity contribution in [3.8, 4) is 10.4 Å². The Morgan fingerprint density at radius 3 is 2.08 bits per heavy atom. The molecule has 9 heteroatoms. The maximum Gasteiger partial charge on any atom is 0.350 e. The van der Waals surface area contributed by atoms with Crippen molar-refractivity contribution in [1.82, 2.24) is 4.31 Å². The number of benzene rings is 2. The fourth-order valence-electron chi connectivity index (χ4n) is 6.07. The molecule has 0 unspecified atom stereocenters. The molecule has 0 atom stereocenters.